The van der Waals surface area contributed by atoms with Crippen molar-refractivity contribution in [3.8, 4) is 0 Å². The molecule has 0 saturated heterocycles. The van der Waals surface area contributed by atoms with Crippen LogP contribution in [0, 0.1) is 0 Å². The number of fused-ring (bicyclic) bond motifs is 1. The van der Waals surface area contributed by atoms with Crippen LogP contribution < -0.4 is 4.67 Å². The number of rotatable bonds is 0. The van der Waals surface area contributed by atoms with Crippen LogP contribution in [0.1, 0.15) is 12.8 Å². The minimum absolute atomic E-state index is 0.0481. The Morgan fingerprint density at radius 2 is 1.92 bits per heavy atom. The Kier molecular flexibility index (Phi) is 1.32. The first-order valence-corrected chi connectivity index (χ1v) is 3.58. The van der Waals surface area contributed by atoms with Crippen molar-refractivity contribution < 1.29 is 14.0 Å². The first-order chi connectivity index (χ1) is 5.68. The summed E-state index contributed by atoms with van der Waals surface area (Å²) in [5.41, 5.74) is 0.656. The third-order valence-corrected chi connectivity index (χ3v) is 1.80. The molecule has 1 aliphatic heterocycles. The summed E-state index contributed by atoms with van der Waals surface area (Å²) >= 11 is 0. The molecule has 0 aromatic heterocycles. The molecular formula is C8H5FNO2+. The van der Waals surface area contributed by atoms with E-state index in [0.717, 1.165) is 6.08 Å². The molecule has 2 aliphatic rings. The van der Waals surface area contributed by atoms with Crippen molar-refractivity contribution in [1.82, 2.24) is 4.67 Å². The van der Waals surface area contributed by atoms with Crippen molar-refractivity contribution in [2.24, 2.45) is 0 Å². The molecule has 0 unspecified atom stereocenters. The van der Waals surface area contributed by atoms with Crippen molar-refractivity contribution in [3.63, 3.8) is 0 Å². The number of hydrogen-bond acceptors (Lipinski definition) is 2. The highest BCUT2D eigenvalue weighted by Gasteiger charge is 2.46. The summed E-state index contributed by atoms with van der Waals surface area (Å²) in [7, 11) is 0. The second-order valence-electron chi connectivity index (χ2n) is 2.68. The smallest absolute Gasteiger partial charge is 0.292 e. The highest BCUT2D eigenvalue weighted by Crippen LogP contribution is 2.11. The van der Waals surface area contributed by atoms with Gasteiger partial charge in [0, 0.05) is 12.8 Å². The molecule has 12 heavy (non-hydrogen) atoms. The van der Waals surface area contributed by atoms with Gasteiger partial charge in [-0.25, -0.2) is 4.39 Å². The zero-order chi connectivity index (χ0) is 8.72. The van der Waals surface area contributed by atoms with Crippen LogP contribution in [0.4, 0.5) is 4.39 Å². The van der Waals surface area contributed by atoms with Gasteiger partial charge in [-0.15, -0.1) is 0 Å². The molecule has 0 aromatic rings. The van der Waals surface area contributed by atoms with E-state index in [1.54, 1.807) is 0 Å². The average Bonchev–Trinajstić information content (AvgIpc) is 2.77. The zero-order valence-electron chi connectivity index (χ0n) is 6.13. The first-order valence-electron chi connectivity index (χ1n) is 3.58. The first kappa shape index (κ1) is 7.13. The lowest BCUT2D eigenvalue weighted by atomic mass is 10.0. The maximum atomic E-state index is 12.7. The Hall–Kier alpha value is -1.54. The predicted molar refractivity (Wildman–Crippen MR) is 40.6 cm³/mol. The molecule has 60 valence electrons. The number of allylic oxidation sites excluding steroid dienone is 2. The molecule has 0 radical (unpaired) electrons. The van der Waals surface area contributed by atoms with Gasteiger partial charge in [0.05, 0.1) is 6.08 Å². The van der Waals surface area contributed by atoms with Crippen LogP contribution in [-0.2, 0) is 9.59 Å². The lowest BCUT2D eigenvalue weighted by Crippen LogP contribution is -2.16. The van der Waals surface area contributed by atoms with E-state index < -0.39 is 11.6 Å². The van der Waals surface area contributed by atoms with Crippen molar-refractivity contribution in [1.29, 1.82) is 0 Å². The van der Waals surface area contributed by atoms with E-state index in [4.69, 9.17) is 0 Å². The summed E-state index contributed by atoms with van der Waals surface area (Å²) in [4.78, 5) is 21.8. The fourth-order valence-electron chi connectivity index (χ4n) is 1.06. The summed E-state index contributed by atoms with van der Waals surface area (Å²) in [6.07, 6.45) is 1.05. The summed E-state index contributed by atoms with van der Waals surface area (Å²) < 4.78 is 16.4. The summed E-state index contributed by atoms with van der Waals surface area (Å²) in [6.45, 7) is 0. The lowest BCUT2D eigenvalue weighted by molar-refractivity contribution is -0.120. The quantitative estimate of drug-likeness (QED) is 0.465. The van der Waals surface area contributed by atoms with E-state index >= 15 is 0 Å². The highest BCUT2D eigenvalue weighted by molar-refractivity contribution is 6.76. The van der Waals surface area contributed by atoms with Gasteiger partial charge in [0.1, 0.15) is 0 Å². The molecule has 0 N–H and O–H groups in total. The van der Waals surface area contributed by atoms with Gasteiger partial charge in [-0.1, -0.05) is 4.67 Å². The molecule has 2 rings (SSSR count). The number of carbonyl (C=O) groups is 2. The van der Waals surface area contributed by atoms with Gasteiger partial charge in [0.15, 0.2) is 11.6 Å². The van der Waals surface area contributed by atoms with Crippen LogP contribution >= 0.6 is 0 Å². The van der Waals surface area contributed by atoms with Gasteiger partial charge in [-0.3, -0.25) is 9.59 Å². The number of carbonyl (C=O) groups excluding carboxylic acids is 2. The summed E-state index contributed by atoms with van der Waals surface area (Å²) in [5, 5.41) is 0. The van der Waals surface area contributed by atoms with Crippen LogP contribution in [-0.4, -0.2) is 23.0 Å². The second kappa shape index (κ2) is 2.22. The summed E-state index contributed by atoms with van der Waals surface area (Å²) in [6, 6.07) is 0. The normalized spacial score (nSPS) is 21.6. The lowest BCUT2D eigenvalue weighted by Gasteiger charge is -1.93. The number of ketones is 2. The molecule has 0 atom stereocenters. The van der Waals surface area contributed by atoms with Gasteiger partial charge in [0.25, 0.3) is 5.78 Å². The fraction of sp³-hybridized carbons (Fsp3) is 0.250. The van der Waals surface area contributed by atoms with Gasteiger partial charge in [-0.2, -0.15) is 0 Å². The van der Waals surface area contributed by atoms with Crippen molar-refractivity contribution in [2.75, 3.05) is 0 Å². The minimum Gasteiger partial charge on any atom is -0.292 e. The molecule has 0 aromatic carbocycles. The SMILES string of the molecule is O=C1CCC(=O)C2=[N+]=C2C=C1F. The Bertz CT molecular complexity index is 386. The van der Waals surface area contributed by atoms with Crippen molar-refractivity contribution in [3.05, 3.63) is 11.9 Å². The molecule has 0 spiro atoms. The van der Waals surface area contributed by atoms with Crippen LogP contribution in [0.2, 0.25) is 0 Å². The number of nitrogens with zero attached hydrogens (tertiary/aromatic N) is 1. The third kappa shape index (κ3) is 1.02. The number of Topliss-reactive ketones (excluding diaryl/α,β-unsaturated/α-hetero) is 2. The molecule has 4 heteroatoms. The van der Waals surface area contributed by atoms with Gasteiger partial charge in [0.2, 0.25) is 0 Å². The Morgan fingerprint density at radius 1 is 1.25 bits per heavy atom. The number of hydrogen-bond donors (Lipinski definition) is 0. The van der Waals surface area contributed by atoms with Crippen LogP contribution in [0.3, 0.4) is 0 Å². The van der Waals surface area contributed by atoms with Crippen molar-refractivity contribution in [2.45, 2.75) is 12.8 Å². The molecular weight excluding hydrogens is 161 g/mol. The standard InChI is InChI=1S/C8H5FNO2/c9-4-3-5-8(10-5)7(12)2-1-6(4)11/h3H,1-2H2/q+1. The Balaban J connectivity index is 2.29. The molecule has 0 bridgehead atoms. The molecule has 1 aliphatic carbocycles. The van der Waals surface area contributed by atoms with Crippen LogP contribution in [0.25, 0.3) is 0 Å². The average molecular weight is 166 g/mol. The van der Waals surface area contributed by atoms with Crippen LogP contribution in [0.15, 0.2) is 11.9 Å². The Morgan fingerprint density at radius 3 is 2.67 bits per heavy atom. The van der Waals surface area contributed by atoms with Gasteiger partial charge < -0.3 is 0 Å². The van der Waals surface area contributed by atoms with Gasteiger partial charge in [-0.05, 0) is 0 Å². The second-order valence-corrected chi connectivity index (χ2v) is 2.68. The largest absolute Gasteiger partial charge is 0.459 e. The van der Waals surface area contributed by atoms with E-state index in [2.05, 4.69) is 4.67 Å². The topological polar surface area (TPSA) is 48.2 Å². The molecule has 0 amide bonds. The maximum Gasteiger partial charge on any atom is 0.459 e. The third-order valence-electron chi connectivity index (χ3n) is 1.80. The molecule has 0 fully saturated rings. The predicted octanol–water partition coefficient (Wildman–Crippen LogP) is -0.265. The highest BCUT2D eigenvalue weighted by atomic mass is 19.1. The zero-order valence-corrected chi connectivity index (χ0v) is 6.13. The molecule has 0 saturated carbocycles. The Labute approximate surface area is 67.3 Å². The maximum absolute atomic E-state index is 12.7. The fourth-order valence-corrected chi connectivity index (χ4v) is 1.06. The monoisotopic (exact) mass is 166 g/mol. The van der Waals surface area contributed by atoms with E-state index in [1.165, 1.54) is 0 Å². The molecule has 1 heterocycles. The van der Waals surface area contributed by atoms with Crippen LogP contribution in [0.5, 0.6) is 0 Å². The van der Waals surface area contributed by atoms with E-state index in [9.17, 15) is 14.0 Å². The number of halogens is 1. The minimum atomic E-state index is -0.795. The van der Waals surface area contributed by atoms with Gasteiger partial charge >= 0.3 is 11.4 Å². The molecule has 3 nitrogen and oxygen atoms in total. The van der Waals surface area contributed by atoms with E-state index in [-0.39, 0.29) is 18.6 Å². The summed E-state index contributed by atoms with van der Waals surface area (Å²) in [5.74, 6) is -1.57. The van der Waals surface area contributed by atoms with E-state index in [0.29, 0.717) is 11.4 Å². The van der Waals surface area contributed by atoms with Crippen molar-refractivity contribution >= 4 is 23.0 Å². The van der Waals surface area contributed by atoms with E-state index in [1.807, 2.05) is 0 Å².